The van der Waals surface area contributed by atoms with Crippen LogP contribution >= 0.6 is 11.8 Å². The van der Waals surface area contributed by atoms with Gasteiger partial charge in [0.2, 0.25) is 5.91 Å². The molecule has 2 aliphatic rings. The van der Waals surface area contributed by atoms with E-state index < -0.39 is 5.41 Å². The molecule has 2 aliphatic heterocycles. The SMILES string of the molecule is COc1cccc(CC2(C(=O)NC3CCSC3)CN(C(=O)c3ccn[nH]3)C2)c1. The summed E-state index contributed by atoms with van der Waals surface area (Å²) in [5, 5.41) is 9.76. The van der Waals surface area contributed by atoms with Crippen LogP contribution in [0.2, 0.25) is 0 Å². The summed E-state index contributed by atoms with van der Waals surface area (Å²) in [4.78, 5) is 27.5. The standard InChI is InChI=1S/C20H24N4O3S/c1-27-16-4-2-3-14(9-16)10-20(19(26)22-15-6-8-28-11-15)12-24(13-20)18(25)17-5-7-21-23-17/h2-5,7,9,15H,6,8,10-13H2,1H3,(H,21,23)(H,22,26). The van der Waals surface area contributed by atoms with Gasteiger partial charge < -0.3 is 15.0 Å². The minimum absolute atomic E-state index is 0.0384. The highest BCUT2D eigenvalue weighted by molar-refractivity contribution is 7.99. The fourth-order valence-electron chi connectivity index (χ4n) is 3.87. The predicted molar refractivity (Wildman–Crippen MR) is 107 cm³/mol. The number of nitrogens with one attached hydrogen (secondary N) is 2. The molecule has 2 fully saturated rings. The van der Waals surface area contributed by atoms with Gasteiger partial charge in [-0.1, -0.05) is 12.1 Å². The van der Waals surface area contributed by atoms with Crippen molar-refractivity contribution in [2.24, 2.45) is 5.41 Å². The number of H-pyrrole nitrogens is 1. The van der Waals surface area contributed by atoms with Crippen molar-refractivity contribution in [2.75, 3.05) is 31.7 Å². The Morgan fingerprint density at radius 2 is 2.25 bits per heavy atom. The molecule has 0 radical (unpaired) electrons. The summed E-state index contributed by atoms with van der Waals surface area (Å²) < 4.78 is 5.32. The largest absolute Gasteiger partial charge is 0.497 e. The van der Waals surface area contributed by atoms with E-state index in [-0.39, 0.29) is 17.9 Å². The van der Waals surface area contributed by atoms with Crippen LogP contribution in [-0.2, 0) is 11.2 Å². The van der Waals surface area contributed by atoms with Gasteiger partial charge in [-0.05, 0) is 42.4 Å². The van der Waals surface area contributed by atoms with E-state index in [0.29, 0.717) is 25.2 Å². The van der Waals surface area contributed by atoms with Crippen molar-refractivity contribution in [1.29, 1.82) is 0 Å². The summed E-state index contributed by atoms with van der Waals surface area (Å²) in [6.45, 7) is 0.793. The lowest BCUT2D eigenvalue weighted by Gasteiger charge is -2.49. The Morgan fingerprint density at radius 1 is 1.39 bits per heavy atom. The zero-order chi connectivity index (χ0) is 19.6. The number of thioether (sulfide) groups is 1. The Bertz CT molecular complexity index is 843. The van der Waals surface area contributed by atoms with Gasteiger partial charge in [-0.25, -0.2) is 0 Å². The van der Waals surface area contributed by atoms with Crippen LogP contribution in [0.3, 0.4) is 0 Å². The van der Waals surface area contributed by atoms with Gasteiger partial charge in [0.05, 0.1) is 12.5 Å². The first-order valence-corrected chi connectivity index (χ1v) is 10.6. The molecule has 28 heavy (non-hydrogen) atoms. The number of amides is 2. The van der Waals surface area contributed by atoms with Gasteiger partial charge in [-0.3, -0.25) is 14.7 Å². The number of aromatic amines is 1. The summed E-state index contributed by atoms with van der Waals surface area (Å²) in [6, 6.07) is 9.65. The molecule has 4 rings (SSSR count). The minimum atomic E-state index is -0.616. The average Bonchev–Trinajstić information content (AvgIpc) is 3.38. The molecule has 2 saturated heterocycles. The Kier molecular flexibility index (Phi) is 5.30. The molecule has 1 aromatic heterocycles. The van der Waals surface area contributed by atoms with Gasteiger partial charge in [-0.15, -0.1) is 0 Å². The van der Waals surface area contributed by atoms with E-state index >= 15 is 0 Å². The Morgan fingerprint density at radius 3 is 2.93 bits per heavy atom. The first-order chi connectivity index (χ1) is 13.6. The molecule has 0 spiro atoms. The molecule has 148 valence electrons. The molecule has 2 N–H and O–H groups in total. The summed E-state index contributed by atoms with van der Waals surface area (Å²) >= 11 is 1.87. The number of methoxy groups -OCH3 is 1. The predicted octanol–water partition coefficient (Wildman–Crippen LogP) is 1.72. The average molecular weight is 401 g/mol. The van der Waals surface area contributed by atoms with Crippen molar-refractivity contribution >= 4 is 23.6 Å². The number of likely N-dealkylation sites (tertiary alicyclic amines) is 1. The molecule has 2 amide bonds. The third kappa shape index (κ3) is 3.73. The summed E-state index contributed by atoms with van der Waals surface area (Å²) in [5.74, 6) is 2.72. The number of nitrogens with zero attached hydrogens (tertiary/aromatic N) is 2. The Balaban J connectivity index is 1.51. The van der Waals surface area contributed by atoms with Gasteiger partial charge in [0, 0.05) is 31.1 Å². The number of benzene rings is 1. The molecule has 1 unspecified atom stereocenters. The van der Waals surface area contributed by atoms with Crippen molar-refractivity contribution in [3.05, 3.63) is 47.8 Å². The van der Waals surface area contributed by atoms with Crippen molar-refractivity contribution in [2.45, 2.75) is 18.9 Å². The molecule has 7 nitrogen and oxygen atoms in total. The van der Waals surface area contributed by atoms with E-state index in [9.17, 15) is 9.59 Å². The zero-order valence-corrected chi connectivity index (χ0v) is 16.6. The molecule has 3 heterocycles. The van der Waals surface area contributed by atoms with Gasteiger partial charge in [0.15, 0.2) is 0 Å². The number of hydrogen-bond donors (Lipinski definition) is 2. The van der Waals surface area contributed by atoms with Crippen molar-refractivity contribution in [1.82, 2.24) is 20.4 Å². The maximum absolute atomic E-state index is 13.2. The number of ether oxygens (including phenoxy) is 1. The number of rotatable bonds is 6. The number of aromatic nitrogens is 2. The molecular weight excluding hydrogens is 376 g/mol. The van der Waals surface area contributed by atoms with E-state index in [1.54, 1.807) is 24.3 Å². The van der Waals surface area contributed by atoms with Crippen molar-refractivity contribution in [3.63, 3.8) is 0 Å². The molecule has 0 aliphatic carbocycles. The van der Waals surface area contributed by atoms with Crippen LogP contribution in [0.4, 0.5) is 0 Å². The minimum Gasteiger partial charge on any atom is -0.497 e. The second-order valence-corrected chi connectivity index (χ2v) is 8.62. The zero-order valence-electron chi connectivity index (χ0n) is 15.8. The summed E-state index contributed by atoms with van der Waals surface area (Å²) in [5.41, 5.74) is 0.862. The second-order valence-electron chi connectivity index (χ2n) is 7.47. The maximum atomic E-state index is 13.2. The van der Waals surface area contributed by atoms with Gasteiger partial charge >= 0.3 is 0 Å². The maximum Gasteiger partial charge on any atom is 0.271 e. The van der Waals surface area contributed by atoms with Crippen LogP contribution in [0.5, 0.6) is 5.75 Å². The molecule has 2 aromatic rings. The number of carbonyl (C=O) groups is 2. The number of hydrogen-bond acceptors (Lipinski definition) is 5. The Labute approximate surface area is 168 Å². The van der Waals surface area contributed by atoms with Crippen molar-refractivity contribution in [3.8, 4) is 5.75 Å². The van der Waals surface area contributed by atoms with Crippen LogP contribution < -0.4 is 10.1 Å². The van der Waals surface area contributed by atoms with E-state index in [1.165, 1.54) is 0 Å². The molecule has 1 aromatic carbocycles. The first-order valence-electron chi connectivity index (χ1n) is 9.40. The van der Waals surface area contributed by atoms with Crippen molar-refractivity contribution < 1.29 is 14.3 Å². The first kappa shape index (κ1) is 18.9. The molecular formula is C20H24N4O3S. The third-order valence-electron chi connectivity index (χ3n) is 5.43. The van der Waals surface area contributed by atoms with E-state index in [1.807, 2.05) is 36.0 Å². The van der Waals surface area contributed by atoms with E-state index in [0.717, 1.165) is 29.2 Å². The van der Waals surface area contributed by atoms with Crippen LogP contribution in [0.25, 0.3) is 0 Å². The fourth-order valence-corrected chi connectivity index (χ4v) is 5.02. The quantitative estimate of drug-likeness (QED) is 0.771. The lowest BCUT2D eigenvalue weighted by molar-refractivity contribution is -0.140. The monoisotopic (exact) mass is 400 g/mol. The van der Waals surface area contributed by atoms with E-state index in [4.69, 9.17) is 4.74 Å². The van der Waals surface area contributed by atoms with Crippen LogP contribution in [0, 0.1) is 5.41 Å². The van der Waals surface area contributed by atoms with Gasteiger partial charge in [-0.2, -0.15) is 16.9 Å². The fraction of sp³-hybridized carbons (Fsp3) is 0.450. The van der Waals surface area contributed by atoms with Crippen LogP contribution in [-0.4, -0.2) is 64.7 Å². The van der Waals surface area contributed by atoms with Gasteiger partial charge in [0.1, 0.15) is 11.4 Å². The molecule has 0 saturated carbocycles. The lowest BCUT2D eigenvalue weighted by Crippen LogP contribution is -2.66. The summed E-state index contributed by atoms with van der Waals surface area (Å²) in [6.07, 6.45) is 3.13. The van der Waals surface area contributed by atoms with Gasteiger partial charge in [0.25, 0.3) is 5.91 Å². The smallest absolute Gasteiger partial charge is 0.271 e. The number of carbonyl (C=O) groups excluding carboxylic acids is 2. The second kappa shape index (κ2) is 7.87. The third-order valence-corrected chi connectivity index (χ3v) is 6.59. The highest BCUT2D eigenvalue weighted by Crippen LogP contribution is 2.36. The van der Waals surface area contributed by atoms with E-state index in [2.05, 4.69) is 15.5 Å². The topological polar surface area (TPSA) is 87.3 Å². The normalized spacial score (nSPS) is 20.5. The lowest BCUT2D eigenvalue weighted by atomic mass is 9.73. The molecule has 1 atom stereocenters. The molecule has 8 heteroatoms. The van der Waals surface area contributed by atoms with Crippen LogP contribution in [0.1, 0.15) is 22.5 Å². The Hall–Kier alpha value is -2.48. The van der Waals surface area contributed by atoms with Crippen LogP contribution in [0.15, 0.2) is 36.5 Å². The molecule has 0 bridgehead atoms. The highest BCUT2D eigenvalue weighted by atomic mass is 32.2. The highest BCUT2D eigenvalue weighted by Gasteiger charge is 2.51. The summed E-state index contributed by atoms with van der Waals surface area (Å²) in [7, 11) is 1.63.